The minimum atomic E-state index is -0.250. The van der Waals surface area contributed by atoms with Crippen LogP contribution in [-0.4, -0.2) is 40.3 Å². The fourth-order valence-corrected chi connectivity index (χ4v) is 2.68. The molecule has 2 N–H and O–H groups in total. The van der Waals surface area contributed by atoms with Crippen LogP contribution in [0.15, 0.2) is 41.1 Å². The highest BCUT2D eigenvalue weighted by Crippen LogP contribution is 2.16. The molecule has 0 aliphatic carbocycles. The molecule has 116 valence electrons. The van der Waals surface area contributed by atoms with Crippen LogP contribution in [0.1, 0.15) is 28.0 Å². The first-order valence-electron chi connectivity index (χ1n) is 7.38. The van der Waals surface area contributed by atoms with Crippen molar-refractivity contribution in [1.82, 2.24) is 15.4 Å². The van der Waals surface area contributed by atoms with Gasteiger partial charge in [-0.3, -0.25) is 9.69 Å². The molecule has 1 fully saturated rings. The Balaban J connectivity index is 1.62. The number of nitrogens with zero attached hydrogens (tertiary/aromatic N) is 2. The molecule has 0 radical (unpaired) electrons. The maximum Gasteiger partial charge on any atom is 0.273 e. The summed E-state index contributed by atoms with van der Waals surface area (Å²) in [7, 11) is 0. The van der Waals surface area contributed by atoms with Gasteiger partial charge in [-0.2, -0.15) is 0 Å². The number of amides is 1. The monoisotopic (exact) mass is 301 g/mol. The Bertz CT molecular complexity index is 627. The van der Waals surface area contributed by atoms with Crippen LogP contribution in [0.5, 0.6) is 0 Å². The molecular formula is C16H19N3O3. The van der Waals surface area contributed by atoms with Gasteiger partial charge in [-0.1, -0.05) is 29.4 Å². The predicted octanol–water partition coefficient (Wildman–Crippen LogP) is 1.17. The highest BCUT2D eigenvalue weighted by molar-refractivity contribution is 5.91. The second kappa shape index (κ2) is 6.72. The molecule has 6 nitrogen and oxygen atoms in total. The van der Waals surface area contributed by atoms with E-state index in [0.29, 0.717) is 13.1 Å². The van der Waals surface area contributed by atoms with Gasteiger partial charge in [0.2, 0.25) is 0 Å². The van der Waals surface area contributed by atoms with Crippen molar-refractivity contribution in [1.29, 1.82) is 0 Å². The molecule has 0 saturated carbocycles. The average Bonchev–Trinajstić information content (AvgIpc) is 3.18. The first-order valence-corrected chi connectivity index (χ1v) is 7.38. The molecule has 1 saturated heterocycles. The lowest BCUT2D eigenvalue weighted by Gasteiger charge is -2.17. The molecule has 0 spiro atoms. The summed E-state index contributed by atoms with van der Waals surface area (Å²) in [6, 6.07) is 9.55. The molecule has 0 bridgehead atoms. The molecule has 22 heavy (non-hydrogen) atoms. The minimum absolute atomic E-state index is 0.223. The minimum Gasteiger partial charge on any atom is -0.392 e. The number of β-amino-alcohol motifs (C(OH)–C–C–N with tert-alkyl or cyclic N) is 1. The van der Waals surface area contributed by atoms with Gasteiger partial charge in [0.25, 0.3) is 5.91 Å². The van der Waals surface area contributed by atoms with E-state index >= 15 is 0 Å². The third kappa shape index (κ3) is 3.52. The Hall–Kier alpha value is -2.18. The van der Waals surface area contributed by atoms with Gasteiger partial charge in [0.1, 0.15) is 6.26 Å². The van der Waals surface area contributed by atoms with Gasteiger partial charge in [-0.25, -0.2) is 0 Å². The van der Waals surface area contributed by atoms with Gasteiger partial charge < -0.3 is 14.9 Å². The van der Waals surface area contributed by atoms with Crippen LogP contribution in [0.3, 0.4) is 0 Å². The van der Waals surface area contributed by atoms with Crippen LogP contribution in [-0.2, 0) is 13.1 Å². The summed E-state index contributed by atoms with van der Waals surface area (Å²) in [6.45, 7) is 2.84. The molecule has 6 heteroatoms. The molecular weight excluding hydrogens is 282 g/mol. The number of carbonyl (C=O) groups excluding carboxylic acids is 1. The Morgan fingerprint density at radius 3 is 2.86 bits per heavy atom. The molecule has 1 unspecified atom stereocenters. The SMILES string of the molecule is O=C(NCc1ccccc1CN1CCC(O)C1)c1ccon1. The fourth-order valence-electron chi connectivity index (χ4n) is 2.68. The summed E-state index contributed by atoms with van der Waals surface area (Å²) in [5.41, 5.74) is 2.51. The summed E-state index contributed by atoms with van der Waals surface area (Å²) in [5, 5.41) is 16.1. The van der Waals surface area contributed by atoms with Crippen LogP contribution >= 0.6 is 0 Å². The van der Waals surface area contributed by atoms with E-state index in [1.54, 1.807) is 0 Å². The summed E-state index contributed by atoms with van der Waals surface area (Å²) in [6.07, 6.45) is 1.98. The largest absolute Gasteiger partial charge is 0.392 e. The quantitative estimate of drug-likeness (QED) is 0.867. The second-order valence-corrected chi connectivity index (χ2v) is 5.51. The summed E-state index contributed by atoms with van der Waals surface area (Å²) in [5.74, 6) is -0.250. The van der Waals surface area contributed by atoms with E-state index in [2.05, 4.69) is 26.0 Å². The number of aliphatic hydroxyl groups excluding tert-OH is 1. The van der Waals surface area contributed by atoms with Crippen molar-refractivity contribution in [3.63, 3.8) is 0 Å². The highest BCUT2D eigenvalue weighted by Gasteiger charge is 2.20. The fraction of sp³-hybridized carbons (Fsp3) is 0.375. The standard InChI is InChI=1S/C16H19N3O3/c20-14-5-7-19(11-14)10-13-4-2-1-3-12(13)9-17-16(21)15-6-8-22-18-15/h1-4,6,8,14,20H,5,7,9-11H2,(H,17,21). The van der Waals surface area contributed by atoms with Gasteiger partial charge >= 0.3 is 0 Å². The number of carbonyl (C=O) groups is 1. The molecule has 2 aromatic rings. The topological polar surface area (TPSA) is 78.6 Å². The van der Waals surface area contributed by atoms with Crippen molar-refractivity contribution >= 4 is 5.91 Å². The Morgan fingerprint density at radius 2 is 2.18 bits per heavy atom. The third-order valence-electron chi connectivity index (χ3n) is 3.87. The normalized spacial score (nSPS) is 18.5. The zero-order valence-electron chi connectivity index (χ0n) is 12.2. The smallest absolute Gasteiger partial charge is 0.273 e. The number of aliphatic hydroxyl groups is 1. The number of hydrogen-bond acceptors (Lipinski definition) is 5. The van der Waals surface area contributed by atoms with Crippen LogP contribution in [0.4, 0.5) is 0 Å². The molecule has 1 aromatic heterocycles. The van der Waals surface area contributed by atoms with Crippen molar-refractivity contribution in [3.05, 3.63) is 53.4 Å². The van der Waals surface area contributed by atoms with Crippen LogP contribution < -0.4 is 5.32 Å². The number of nitrogens with one attached hydrogen (secondary N) is 1. The van der Waals surface area contributed by atoms with Gasteiger partial charge in [-0.15, -0.1) is 0 Å². The first kappa shape index (κ1) is 14.7. The lowest BCUT2D eigenvalue weighted by Crippen LogP contribution is -2.25. The zero-order chi connectivity index (χ0) is 15.4. The number of hydrogen-bond donors (Lipinski definition) is 2. The summed E-state index contributed by atoms with van der Waals surface area (Å²) >= 11 is 0. The van der Waals surface area contributed by atoms with Crippen molar-refractivity contribution in [3.8, 4) is 0 Å². The van der Waals surface area contributed by atoms with Crippen LogP contribution in [0.25, 0.3) is 0 Å². The van der Waals surface area contributed by atoms with Crippen molar-refractivity contribution in [2.45, 2.75) is 25.6 Å². The molecule has 2 heterocycles. The highest BCUT2D eigenvalue weighted by atomic mass is 16.5. The Labute approximate surface area is 128 Å². The number of rotatable bonds is 5. The van der Waals surface area contributed by atoms with Crippen LogP contribution in [0.2, 0.25) is 0 Å². The first-order chi connectivity index (χ1) is 10.7. The maximum absolute atomic E-state index is 11.9. The molecule has 1 aromatic carbocycles. The molecule has 1 atom stereocenters. The van der Waals surface area contributed by atoms with Gasteiger partial charge in [-0.05, 0) is 17.5 Å². The summed E-state index contributed by atoms with van der Waals surface area (Å²) in [4.78, 5) is 14.1. The van der Waals surface area contributed by atoms with Gasteiger partial charge in [0, 0.05) is 32.2 Å². The molecule has 1 aliphatic rings. The lowest BCUT2D eigenvalue weighted by molar-refractivity contribution is 0.0941. The zero-order valence-corrected chi connectivity index (χ0v) is 12.2. The number of aromatic nitrogens is 1. The van der Waals surface area contributed by atoms with E-state index in [9.17, 15) is 9.90 Å². The Kier molecular flexibility index (Phi) is 4.50. The van der Waals surface area contributed by atoms with E-state index < -0.39 is 0 Å². The van der Waals surface area contributed by atoms with E-state index in [0.717, 1.165) is 30.6 Å². The van der Waals surface area contributed by atoms with Gasteiger partial charge in [0.15, 0.2) is 5.69 Å². The van der Waals surface area contributed by atoms with E-state index in [4.69, 9.17) is 0 Å². The van der Waals surface area contributed by atoms with E-state index in [1.807, 2.05) is 18.2 Å². The Morgan fingerprint density at radius 1 is 1.36 bits per heavy atom. The lowest BCUT2D eigenvalue weighted by atomic mass is 10.1. The van der Waals surface area contributed by atoms with Crippen molar-refractivity contribution < 1.29 is 14.4 Å². The van der Waals surface area contributed by atoms with Crippen molar-refractivity contribution in [2.75, 3.05) is 13.1 Å². The van der Waals surface area contributed by atoms with E-state index in [-0.39, 0.29) is 17.7 Å². The van der Waals surface area contributed by atoms with E-state index in [1.165, 1.54) is 12.3 Å². The predicted molar refractivity (Wildman–Crippen MR) is 80.0 cm³/mol. The number of benzene rings is 1. The second-order valence-electron chi connectivity index (χ2n) is 5.51. The molecule has 1 aliphatic heterocycles. The van der Waals surface area contributed by atoms with Crippen molar-refractivity contribution in [2.24, 2.45) is 0 Å². The van der Waals surface area contributed by atoms with Gasteiger partial charge in [0.05, 0.1) is 6.10 Å². The molecule has 3 rings (SSSR count). The maximum atomic E-state index is 11.9. The summed E-state index contributed by atoms with van der Waals surface area (Å²) < 4.78 is 4.67. The molecule has 1 amide bonds. The average molecular weight is 301 g/mol. The van der Waals surface area contributed by atoms with Crippen LogP contribution in [0, 0.1) is 0 Å². The third-order valence-corrected chi connectivity index (χ3v) is 3.87. The number of likely N-dealkylation sites (tertiary alicyclic amines) is 1.